The number of ether oxygens (including phenoxy) is 2. The fourth-order valence-electron chi connectivity index (χ4n) is 2.10. The van der Waals surface area contributed by atoms with Crippen LogP contribution in [-0.2, 0) is 4.74 Å². The molecule has 6 heteroatoms. The highest BCUT2D eigenvalue weighted by molar-refractivity contribution is 6.09. The zero-order valence-corrected chi connectivity index (χ0v) is 11.4. The molecule has 0 amide bonds. The molecule has 0 aliphatic heterocycles. The van der Waals surface area contributed by atoms with Gasteiger partial charge in [0.25, 0.3) is 0 Å². The third kappa shape index (κ3) is 2.09. The quantitative estimate of drug-likeness (QED) is 0.865. The van der Waals surface area contributed by atoms with Crippen LogP contribution in [0.5, 0.6) is 5.75 Å². The fraction of sp³-hybridized carbons (Fsp3) is 0.286. The van der Waals surface area contributed by atoms with E-state index in [0.717, 1.165) is 0 Å². The van der Waals surface area contributed by atoms with Crippen LogP contribution in [0.2, 0.25) is 0 Å². The SMILES string of the molecule is CCOC(=O)c1c(OC)ccc2oc(C(=O)O)c(C)c12. The maximum absolute atomic E-state index is 12.1. The van der Waals surface area contributed by atoms with Crippen LogP contribution in [0.4, 0.5) is 0 Å². The molecule has 0 radical (unpaired) electrons. The van der Waals surface area contributed by atoms with Gasteiger partial charge < -0.3 is 19.0 Å². The lowest BCUT2D eigenvalue weighted by Gasteiger charge is -2.09. The first-order valence-corrected chi connectivity index (χ1v) is 6.01. The van der Waals surface area contributed by atoms with E-state index in [2.05, 4.69) is 0 Å². The first-order chi connectivity index (χ1) is 9.51. The number of hydrogen-bond acceptors (Lipinski definition) is 5. The maximum atomic E-state index is 12.1. The second kappa shape index (κ2) is 5.24. The molecule has 0 saturated carbocycles. The van der Waals surface area contributed by atoms with Crippen LogP contribution < -0.4 is 4.74 Å². The lowest BCUT2D eigenvalue weighted by molar-refractivity contribution is 0.0524. The second-order valence-corrected chi connectivity index (χ2v) is 4.10. The third-order valence-electron chi connectivity index (χ3n) is 2.95. The van der Waals surface area contributed by atoms with E-state index in [1.165, 1.54) is 7.11 Å². The van der Waals surface area contributed by atoms with Gasteiger partial charge in [0.2, 0.25) is 5.76 Å². The summed E-state index contributed by atoms with van der Waals surface area (Å²) in [5.41, 5.74) is 0.860. The molecule has 0 unspecified atom stereocenters. The van der Waals surface area contributed by atoms with Crippen LogP contribution >= 0.6 is 0 Å². The summed E-state index contributed by atoms with van der Waals surface area (Å²) in [7, 11) is 1.43. The predicted octanol–water partition coefficient (Wildman–Crippen LogP) is 2.62. The van der Waals surface area contributed by atoms with E-state index in [0.29, 0.717) is 22.3 Å². The Morgan fingerprint density at radius 3 is 2.60 bits per heavy atom. The molecule has 2 rings (SSSR count). The van der Waals surface area contributed by atoms with Gasteiger partial charge in [-0.3, -0.25) is 0 Å². The van der Waals surface area contributed by atoms with E-state index in [9.17, 15) is 9.59 Å². The average Bonchev–Trinajstić information content (AvgIpc) is 2.75. The van der Waals surface area contributed by atoms with Crippen molar-refractivity contribution in [2.75, 3.05) is 13.7 Å². The van der Waals surface area contributed by atoms with Crippen molar-refractivity contribution in [2.24, 2.45) is 0 Å². The summed E-state index contributed by atoms with van der Waals surface area (Å²) < 4.78 is 15.4. The number of methoxy groups -OCH3 is 1. The topological polar surface area (TPSA) is 86.0 Å². The molecule has 0 bridgehead atoms. The van der Waals surface area contributed by atoms with Gasteiger partial charge in [0.1, 0.15) is 16.9 Å². The number of hydrogen-bond donors (Lipinski definition) is 1. The molecule has 0 spiro atoms. The standard InChI is InChI=1S/C14H14O6/c1-4-19-14(17)11-8(18-3)5-6-9-10(11)7(2)12(20-9)13(15)16/h5-6H,4H2,1-3H3,(H,15,16). The van der Waals surface area contributed by atoms with Gasteiger partial charge in [-0.15, -0.1) is 0 Å². The molecular formula is C14H14O6. The zero-order valence-electron chi connectivity index (χ0n) is 11.4. The minimum Gasteiger partial charge on any atom is -0.496 e. The number of aryl methyl sites for hydroxylation is 1. The van der Waals surface area contributed by atoms with Crippen molar-refractivity contribution in [1.82, 2.24) is 0 Å². The molecule has 1 aromatic heterocycles. The van der Waals surface area contributed by atoms with Crippen molar-refractivity contribution in [3.05, 3.63) is 29.0 Å². The number of aromatic carboxylic acids is 1. The number of carbonyl (C=O) groups excluding carboxylic acids is 1. The highest BCUT2D eigenvalue weighted by atomic mass is 16.5. The molecule has 0 aliphatic carbocycles. The second-order valence-electron chi connectivity index (χ2n) is 4.10. The highest BCUT2D eigenvalue weighted by Crippen LogP contribution is 2.34. The molecule has 6 nitrogen and oxygen atoms in total. The van der Waals surface area contributed by atoms with Crippen molar-refractivity contribution in [2.45, 2.75) is 13.8 Å². The molecule has 20 heavy (non-hydrogen) atoms. The number of benzene rings is 1. The van der Waals surface area contributed by atoms with E-state index in [1.54, 1.807) is 26.0 Å². The molecule has 106 valence electrons. The van der Waals surface area contributed by atoms with Crippen LogP contribution in [0.1, 0.15) is 33.4 Å². The van der Waals surface area contributed by atoms with Gasteiger partial charge in [0, 0.05) is 10.9 Å². The number of rotatable bonds is 4. The Labute approximate surface area is 114 Å². The van der Waals surface area contributed by atoms with E-state index in [1.807, 2.05) is 0 Å². The number of carbonyl (C=O) groups is 2. The molecule has 2 aromatic rings. The van der Waals surface area contributed by atoms with E-state index in [4.69, 9.17) is 19.0 Å². The van der Waals surface area contributed by atoms with Crippen molar-refractivity contribution < 1.29 is 28.6 Å². The van der Waals surface area contributed by atoms with Crippen LogP contribution in [-0.4, -0.2) is 30.8 Å². The van der Waals surface area contributed by atoms with Crippen molar-refractivity contribution in [3.8, 4) is 5.75 Å². The van der Waals surface area contributed by atoms with Gasteiger partial charge in [-0.25, -0.2) is 9.59 Å². The lowest BCUT2D eigenvalue weighted by atomic mass is 10.0. The van der Waals surface area contributed by atoms with Crippen LogP contribution in [0.3, 0.4) is 0 Å². The Kier molecular flexibility index (Phi) is 3.65. The van der Waals surface area contributed by atoms with E-state index >= 15 is 0 Å². The summed E-state index contributed by atoms with van der Waals surface area (Å²) >= 11 is 0. The summed E-state index contributed by atoms with van der Waals surface area (Å²) in [6.07, 6.45) is 0. The molecule has 1 N–H and O–H groups in total. The minimum absolute atomic E-state index is 0.181. The first kappa shape index (κ1) is 13.9. The number of fused-ring (bicyclic) bond motifs is 1. The monoisotopic (exact) mass is 278 g/mol. The van der Waals surface area contributed by atoms with Crippen LogP contribution in [0, 0.1) is 6.92 Å². The normalized spacial score (nSPS) is 10.6. The average molecular weight is 278 g/mol. The van der Waals surface area contributed by atoms with Gasteiger partial charge >= 0.3 is 11.9 Å². The minimum atomic E-state index is -1.19. The number of carboxylic acid groups (broad SMARTS) is 1. The Balaban J connectivity index is 2.80. The zero-order chi connectivity index (χ0) is 14.9. The van der Waals surface area contributed by atoms with Crippen molar-refractivity contribution in [3.63, 3.8) is 0 Å². The van der Waals surface area contributed by atoms with Gasteiger partial charge in [0.15, 0.2) is 0 Å². The summed E-state index contributed by atoms with van der Waals surface area (Å²) in [4.78, 5) is 23.2. The predicted molar refractivity (Wildman–Crippen MR) is 70.4 cm³/mol. The maximum Gasteiger partial charge on any atom is 0.372 e. The molecule has 0 aliphatic rings. The molecule has 1 aromatic carbocycles. The first-order valence-electron chi connectivity index (χ1n) is 6.01. The van der Waals surface area contributed by atoms with Crippen LogP contribution in [0.15, 0.2) is 16.5 Å². The van der Waals surface area contributed by atoms with Gasteiger partial charge in [0.05, 0.1) is 13.7 Å². The van der Waals surface area contributed by atoms with Crippen LogP contribution in [0.25, 0.3) is 11.0 Å². The number of furan rings is 1. The third-order valence-corrected chi connectivity index (χ3v) is 2.95. The summed E-state index contributed by atoms with van der Waals surface area (Å²) in [5.74, 6) is -1.64. The number of carboxylic acids is 1. The van der Waals surface area contributed by atoms with Gasteiger partial charge in [-0.05, 0) is 26.0 Å². The summed E-state index contributed by atoms with van der Waals surface area (Å²) in [5, 5.41) is 9.49. The van der Waals surface area contributed by atoms with E-state index < -0.39 is 11.9 Å². The lowest BCUT2D eigenvalue weighted by Crippen LogP contribution is -2.07. The molecule has 0 fully saturated rings. The van der Waals surface area contributed by atoms with E-state index in [-0.39, 0.29) is 17.9 Å². The number of esters is 1. The Morgan fingerprint density at radius 2 is 2.05 bits per heavy atom. The van der Waals surface area contributed by atoms with Crippen molar-refractivity contribution in [1.29, 1.82) is 0 Å². The largest absolute Gasteiger partial charge is 0.496 e. The smallest absolute Gasteiger partial charge is 0.372 e. The molecule has 1 heterocycles. The Morgan fingerprint density at radius 1 is 1.35 bits per heavy atom. The van der Waals surface area contributed by atoms with Crippen molar-refractivity contribution >= 4 is 22.9 Å². The van der Waals surface area contributed by atoms with Gasteiger partial charge in [-0.2, -0.15) is 0 Å². The Hall–Kier alpha value is -2.50. The summed E-state index contributed by atoms with van der Waals surface area (Å²) in [6, 6.07) is 3.11. The Bertz CT molecular complexity index is 683. The highest BCUT2D eigenvalue weighted by Gasteiger charge is 2.25. The molecular weight excluding hydrogens is 264 g/mol. The fourth-order valence-corrected chi connectivity index (χ4v) is 2.10. The molecule has 0 saturated heterocycles. The van der Waals surface area contributed by atoms with Gasteiger partial charge in [-0.1, -0.05) is 0 Å². The summed E-state index contributed by atoms with van der Waals surface area (Å²) in [6.45, 7) is 3.48. The molecule has 0 atom stereocenters.